The van der Waals surface area contributed by atoms with Crippen molar-refractivity contribution in [3.05, 3.63) is 29.3 Å². The number of anilines is 1. The molecule has 1 aliphatic heterocycles. The minimum Gasteiger partial charge on any atom is -0.465 e. The maximum Gasteiger partial charge on any atom is 0.405 e. The molecule has 0 radical (unpaired) electrons. The first-order valence-electron chi connectivity index (χ1n) is 8.43. The summed E-state index contributed by atoms with van der Waals surface area (Å²) >= 11 is 11.0. The Kier molecular flexibility index (Phi) is 7.97. The van der Waals surface area contributed by atoms with Gasteiger partial charge in [-0.1, -0.05) is 23.8 Å². The van der Waals surface area contributed by atoms with Crippen LogP contribution in [0.2, 0.25) is 5.02 Å². The van der Waals surface area contributed by atoms with Crippen LogP contribution in [0.4, 0.5) is 10.5 Å². The van der Waals surface area contributed by atoms with Gasteiger partial charge in [-0.3, -0.25) is 9.59 Å². The molecule has 11 heteroatoms. The molecule has 0 aliphatic carbocycles. The van der Waals surface area contributed by atoms with Crippen molar-refractivity contribution < 1.29 is 24.2 Å². The maximum atomic E-state index is 12.3. The number of hydrogen-bond acceptors (Lipinski definition) is 5. The Balaban J connectivity index is 1.98. The second kappa shape index (κ2) is 10.2. The first-order chi connectivity index (χ1) is 13.3. The van der Waals surface area contributed by atoms with Crippen molar-refractivity contribution in [1.29, 1.82) is 0 Å². The van der Waals surface area contributed by atoms with Gasteiger partial charge in [0.15, 0.2) is 4.99 Å². The van der Waals surface area contributed by atoms with Gasteiger partial charge >= 0.3 is 6.09 Å². The Morgan fingerprint density at radius 1 is 1.25 bits per heavy atom. The predicted octanol–water partition coefficient (Wildman–Crippen LogP) is 1.08. The molecule has 2 atom stereocenters. The largest absolute Gasteiger partial charge is 0.465 e. The zero-order valence-electron chi connectivity index (χ0n) is 15.1. The van der Waals surface area contributed by atoms with Crippen molar-refractivity contribution in [1.82, 2.24) is 15.5 Å². The number of likely N-dealkylation sites (tertiary alicyclic amines) is 1. The molecule has 0 saturated carbocycles. The predicted molar refractivity (Wildman–Crippen MR) is 108 cm³/mol. The molecule has 152 valence electrons. The van der Waals surface area contributed by atoms with Gasteiger partial charge in [-0.2, -0.15) is 0 Å². The third-order valence-corrected chi connectivity index (χ3v) is 4.72. The van der Waals surface area contributed by atoms with Crippen molar-refractivity contribution in [2.24, 2.45) is 0 Å². The van der Waals surface area contributed by atoms with Crippen LogP contribution in [0.5, 0.6) is 0 Å². The number of carbonyl (C=O) groups excluding carboxylic acids is 2. The Morgan fingerprint density at radius 2 is 1.93 bits per heavy atom. The van der Waals surface area contributed by atoms with Crippen molar-refractivity contribution >= 4 is 52.4 Å². The van der Waals surface area contributed by atoms with E-state index in [1.165, 1.54) is 12.0 Å². The van der Waals surface area contributed by atoms with Gasteiger partial charge in [0.2, 0.25) is 5.91 Å². The Labute approximate surface area is 172 Å². The highest BCUT2D eigenvalue weighted by Crippen LogP contribution is 2.15. The molecule has 1 fully saturated rings. The number of ether oxygens (including phenoxy) is 1. The summed E-state index contributed by atoms with van der Waals surface area (Å²) in [5.74, 6) is -0.759. The summed E-state index contributed by atoms with van der Waals surface area (Å²) in [5, 5.41) is 17.5. The number of rotatable bonds is 5. The van der Waals surface area contributed by atoms with Crippen LogP contribution in [0.25, 0.3) is 0 Å². The van der Waals surface area contributed by atoms with Crippen LogP contribution >= 0.6 is 23.8 Å². The maximum absolute atomic E-state index is 12.3. The lowest BCUT2D eigenvalue weighted by molar-refractivity contribution is -0.136. The SMILES string of the molecule is COCC(=O)N1CC[C@H](NC(=S)C(=O)Nc2ccc(Cl)cc2)[C@H](NC(=O)O)C1. The fraction of sp³-hybridized carbons (Fsp3) is 0.412. The van der Waals surface area contributed by atoms with E-state index in [-0.39, 0.29) is 24.0 Å². The lowest BCUT2D eigenvalue weighted by Gasteiger charge is -2.38. The van der Waals surface area contributed by atoms with E-state index in [9.17, 15) is 14.4 Å². The van der Waals surface area contributed by atoms with Gasteiger partial charge in [0.05, 0.1) is 12.1 Å². The van der Waals surface area contributed by atoms with Gasteiger partial charge in [0.1, 0.15) is 6.61 Å². The van der Waals surface area contributed by atoms with Gasteiger partial charge in [0.25, 0.3) is 5.91 Å². The van der Waals surface area contributed by atoms with Crippen molar-refractivity contribution in [2.45, 2.75) is 18.5 Å². The average Bonchev–Trinajstić information content (AvgIpc) is 2.64. The van der Waals surface area contributed by atoms with Crippen LogP contribution in [0.1, 0.15) is 6.42 Å². The van der Waals surface area contributed by atoms with E-state index in [2.05, 4.69) is 16.0 Å². The van der Waals surface area contributed by atoms with Crippen LogP contribution in [0.15, 0.2) is 24.3 Å². The number of methoxy groups -OCH3 is 1. The van der Waals surface area contributed by atoms with Gasteiger partial charge in [-0.25, -0.2) is 4.79 Å². The number of piperidine rings is 1. The molecule has 1 aromatic rings. The normalized spacial score (nSPS) is 18.9. The van der Waals surface area contributed by atoms with Gasteiger partial charge in [-0.15, -0.1) is 0 Å². The molecule has 0 unspecified atom stereocenters. The zero-order valence-corrected chi connectivity index (χ0v) is 16.7. The number of hydrogen-bond donors (Lipinski definition) is 4. The highest BCUT2D eigenvalue weighted by atomic mass is 35.5. The van der Waals surface area contributed by atoms with Gasteiger partial charge in [-0.05, 0) is 30.7 Å². The monoisotopic (exact) mass is 428 g/mol. The molecule has 1 saturated heterocycles. The summed E-state index contributed by atoms with van der Waals surface area (Å²) < 4.78 is 4.83. The van der Waals surface area contributed by atoms with Gasteiger partial charge in [0, 0.05) is 30.9 Å². The molecule has 3 amide bonds. The minimum absolute atomic E-state index is 0.0752. The van der Waals surface area contributed by atoms with Crippen LogP contribution in [0, 0.1) is 0 Å². The summed E-state index contributed by atoms with van der Waals surface area (Å²) in [6, 6.07) is 5.47. The number of carbonyl (C=O) groups is 3. The van der Waals surface area contributed by atoms with E-state index in [1.807, 2.05) is 0 Å². The van der Waals surface area contributed by atoms with E-state index >= 15 is 0 Å². The van der Waals surface area contributed by atoms with Crippen LogP contribution in [-0.4, -0.2) is 71.8 Å². The van der Waals surface area contributed by atoms with Crippen molar-refractivity contribution in [3.63, 3.8) is 0 Å². The number of amides is 3. The molecule has 1 aromatic carbocycles. The first kappa shape index (κ1) is 21.9. The summed E-state index contributed by atoms with van der Waals surface area (Å²) in [7, 11) is 1.41. The third kappa shape index (κ3) is 6.32. The molecule has 0 aromatic heterocycles. The number of halogens is 1. The molecule has 1 heterocycles. The zero-order chi connectivity index (χ0) is 20.7. The Morgan fingerprint density at radius 3 is 2.54 bits per heavy atom. The lowest BCUT2D eigenvalue weighted by atomic mass is 9.99. The molecule has 2 rings (SSSR count). The summed E-state index contributed by atoms with van der Waals surface area (Å²) in [5.41, 5.74) is 0.527. The number of carboxylic acid groups (broad SMARTS) is 1. The smallest absolute Gasteiger partial charge is 0.405 e. The van der Waals surface area contributed by atoms with Crippen LogP contribution in [-0.2, 0) is 14.3 Å². The number of nitrogens with one attached hydrogen (secondary N) is 3. The fourth-order valence-electron chi connectivity index (χ4n) is 2.83. The summed E-state index contributed by atoms with van der Waals surface area (Å²) in [4.78, 5) is 36.8. The highest BCUT2D eigenvalue weighted by Gasteiger charge is 2.33. The third-order valence-electron chi connectivity index (χ3n) is 4.17. The van der Waals surface area contributed by atoms with E-state index in [4.69, 9.17) is 33.7 Å². The second-order valence-electron chi connectivity index (χ2n) is 6.16. The molecule has 28 heavy (non-hydrogen) atoms. The topological polar surface area (TPSA) is 120 Å². The average molecular weight is 429 g/mol. The van der Waals surface area contributed by atoms with Crippen LogP contribution < -0.4 is 16.0 Å². The molecular formula is C17H21ClN4O5S. The van der Waals surface area contributed by atoms with E-state index in [1.54, 1.807) is 24.3 Å². The summed E-state index contributed by atoms with van der Waals surface area (Å²) in [6.07, 6.45) is -0.816. The van der Waals surface area contributed by atoms with Crippen molar-refractivity contribution in [3.8, 4) is 0 Å². The van der Waals surface area contributed by atoms with Gasteiger partial charge < -0.3 is 30.7 Å². The second-order valence-corrected chi connectivity index (χ2v) is 7.00. The molecule has 1 aliphatic rings. The first-order valence-corrected chi connectivity index (χ1v) is 9.22. The Hall–Kier alpha value is -2.43. The van der Waals surface area contributed by atoms with Crippen molar-refractivity contribution in [2.75, 3.05) is 32.1 Å². The summed E-state index contributed by atoms with van der Waals surface area (Å²) in [6.45, 7) is 0.451. The van der Waals surface area contributed by atoms with E-state index in [0.29, 0.717) is 23.7 Å². The lowest BCUT2D eigenvalue weighted by Crippen LogP contribution is -2.62. The molecule has 4 N–H and O–H groups in total. The molecule has 0 spiro atoms. The minimum atomic E-state index is -1.23. The number of thiocarbonyl (C=S) groups is 1. The number of benzene rings is 1. The van der Waals surface area contributed by atoms with E-state index in [0.717, 1.165) is 0 Å². The fourth-order valence-corrected chi connectivity index (χ4v) is 3.15. The van der Waals surface area contributed by atoms with Crippen LogP contribution in [0.3, 0.4) is 0 Å². The number of nitrogens with zero attached hydrogens (tertiary/aromatic N) is 1. The molecule has 0 bridgehead atoms. The standard InChI is InChI=1S/C17H21ClN4O5S/c1-27-9-14(23)22-7-6-12(13(8-22)21-17(25)26)20-16(28)15(24)19-11-4-2-10(18)3-5-11/h2-5,12-13,21H,6-9H2,1H3,(H,19,24)(H,20,28)(H,25,26)/t12-,13+/m0/s1. The molecular weight excluding hydrogens is 408 g/mol. The van der Waals surface area contributed by atoms with E-state index < -0.39 is 24.1 Å². The quantitative estimate of drug-likeness (QED) is 0.518. The Bertz CT molecular complexity index is 746. The molecule has 9 nitrogen and oxygen atoms in total. The highest BCUT2D eigenvalue weighted by molar-refractivity contribution is 7.82.